The molecule has 1 saturated carbocycles. The van der Waals surface area contributed by atoms with Crippen molar-refractivity contribution >= 4 is 26.1 Å². The summed E-state index contributed by atoms with van der Waals surface area (Å²) >= 11 is 3.37. The van der Waals surface area contributed by atoms with Gasteiger partial charge < -0.3 is 0 Å². The van der Waals surface area contributed by atoms with Crippen LogP contribution in [0.4, 0.5) is 0 Å². The topological polar surface area (TPSA) is 49.4 Å². The summed E-state index contributed by atoms with van der Waals surface area (Å²) in [5.74, 6) is 0.650. The highest BCUT2D eigenvalue weighted by atomic mass is 79.9. The molecule has 0 spiro atoms. The lowest BCUT2D eigenvalue weighted by Crippen LogP contribution is -2.49. The summed E-state index contributed by atoms with van der Waals surface area (Å²) in [5.41, 5.74) is -0.193. The minimum absolute atomic E-state index is 0.193. The molecule has 0 unspecified atom stereocenters. The Labute approximate surface area is 106 Å². The minimum atomic E-state index is -3.26. The van der Waals surface area contributed by atoms with Gasteiger partial charge in [-0.3, -0.25) is 0 Å². The van der Waals surface area contributed by atoms with E-state index in [9.17, 15) is 8.42 Å². The number of hydrogen-bond donors (Lipinski definition) is 1. The van der Waals surface area contributed by atoms with E-state index in [1.165, 1.54) is 0 Å². The Morgan fingerprint density at radius 1 is 1.38 bits per heavy atom. The second-order valence-corrected chi connectivity index (χ2v) is 7.33. The molecule has 4 nitrogen and oxygen atoms in total. The molecule has 2 rings (SSSR count). The highest BCUT2D eigenvalue weighted by Crippen LogP contribution is 2.38. The van der Waals surface area contributed by atoms with Gasteiger partial charge in [0.2, 0.25) is 0 Å². The van der Waals surface area contributed by atoms with E-state index in [0.29, 0.717) is 24.3 Å². The van der Waals surface area contributed by atoms with Crippen molar-refractivity contribution in [1.82, 2.24) is 9.03 Å². The Kier molecular flexibility index (Phi) is 3.64. The molecular weight excluding hydrogens is 292 g/mol. The molecule has 2 aliphatic rings. The fourth-order valence-electron chi connectivity index (χ4n) is 1.98. The summed E-state index contributed by atoms with van der Waals surface area (Å²) in [6, 6.07) is 0. The molecule has 0 radical (unpaired) electrons. The van der Waals surface area contributed by atoms with Crippen molar-refractivity contribution in [3.8, 4) is 0 Å². The average molecular weight is 311 g/mol. The van der Waals surface area contributed by atoms with Gasteiger partial charge in [0.05, 0.1) is 0 Å². The second kappa shape index (κ2) is 4.55. The predicted molar refractivity (Wildman–Crippen MR) is 67.8 cm³/mol. The third-order valence-electron chi connectivity index (χ3n) is 3.54. The monoisotopic (exact) mass is 310 g/mol. The molecule has 0 amide bonds. The third-order valence-corrected chi connectivity index (χ3v) is 6.35. The van der Waals surface area contributed by atoms with E-state index in [2.05, 4.69) is 27.6 Å². The summed E-state index contributed by atoms with van der Waals surface area (Å²) in [6.07, 6.45) is 3.84. The molecule has 1 aliphatic heterocycles. The number of rotatable bonds is 4. The van der Waals surface area contributed by atoms with E-state index in [-0.39, 0.29) is 5.54 Å². The fraction of sp³-hybridized carbons (Fsp3) is 1.00. The Bertz CT molecular complexity index is 346. The number of hydrogen-bond acceptors (Lipinski definition) is 2. The molecule has 94 valence electrons. The SMILES string of the molecule is CC1CCN(S(=O)(=O)NC2(CBr)CC2)CC1. The number of halogens is 1. The van der Waals surface area contributed by atoms with Gasteiger partial charge in [0, 0.05) is 24.0 Å². The van der Waals surface area contributed by atoms with Crippen LogP contribution >= 0.6 is 15.9 Å². The highest BCUT2D eigenvalue weighted by molar-refractivity contribution is 9.09. The standard InChI is InChI=1S/C10H19BrN2O2S/c1-9-2-6-13(7-3-9)16(14,15)12-10(8-11)4-5-10/h9,12H,2-8H2,1H3. The maximum atomic E-state index is 12.1. The Morgan fingerprint density at radius 3 is 2.38 bits per heavy atom. The molecule has 1 aliphatic carbocycles. The molecular formula is C10H19BrN2O2S. The number of nitrogens with one attached hydrogen (secondary N) is 1. The quantitative estimate of drug-likeness (QED) is 0.800. The van der Waals surface area contributed by atoms with Crippen molar-refractivity contribution in [1.29, 1.82) is 0 Å². The van der Waals surface area contributed by atoms with Gasteiger partial charge in [-0.1, -0.05) is 22.9 Å². The summed E-state index contributed by atoms with van der Waals surface area (Å²) in [6.45, 7) is 3.50. The van der Waals surface area contributed by atoms with Crippen LogP contribution in [0.3, 0.4) is 0 Å². The van der Waals surface area contributed by atoms with E-state index in [0.717, 1.165) is 25.7 Å². The van der Waals surface area contributed by atoms with Crippen molar-refractivity contribution in [3.63, 3.8) is 0 Å². The maximum absolute atomic E-state index is 12.1. The first-order valence-electron chi connectivity index (χ1n) is 5.82. The van der Waals surface area contributed by atoms with Gasteiger partial charge in [0.15, 0.2) is 0 Å². The Morgan fingerprint density at radius 2 is 1.94 bits per heavy atom. The van der Waals surface area contributed by atoms with Crippen LogP contribution in [0.2, 0.25) is 0 Å². The zero-order valence-corrected chi connectivity index (χ0v) is 12.0. The third kappa shape index (κ3) is 2.78. The molecule has 0 aromatic heterocycles. The zero-order chi connectivity index (χ0) is 11.8. The molecule has 16 heavy (non-hydrogen) atoms. The summed E-state index contributed by atoms with van der Waals surface area (Å²) < 4.78 is 28.6. The summed E-state index contributed by atoms with van der Waals surface area (Å²) in [5, 5.41) is 0.712. The van der Waals surface area contributed by atoms with Crippen LogP contribution in [0, 0.1) is 5.92 Å². The fourth-order valence-corrected chi connectivity index (χ4v) is 4.51. The zero-order valence-electron chi connectivity index (χ0n) is 9.58. The molecule has 2 fully saturated rings. The predicted octanol–water partition coefficient (Wildman–Crippen LogP) is 1.48. The molecule has 1 N–H and O–H groups in total. The van der Waals surface area contributed by atoms with Crippen LogP contribution in [0.1, 0.15) is 32.6 Å². The molecule has 0 aromatic carbocycles. The van der Waals surface area contributed by atoms with Crippen molar-refractivity contribution in [2.24, 2.45) is 5.92 Å². The van der Waals surface area contributed by atoms with Gasteiger partial charge in [-0.05, 0) is 31.6 Å². The van der Waals surface area contributed by atoms with E-state index in [1.807, 2.05) is 0 Å². The van der Waals surface area contributed by atoms with Crippen molar-refractivity contribution in [3.05, 3.63) is 0 Å². The van der Waals surface area contributed by atoms with Crippen LogP contribution in [0.25, 0.3) is 0 Å². The van der Waals surface area contributed by atoms with Gasteiger partial charge in [-0.25, -0.2) is 0 Å². The molecule has 6 heteroatoms. The molecule has 1 saturated heterocycles. The average Bonchev–Trinajstić information content (AvgIpc) is 2.98. The number of piperidine rings is 1. The van der Waals surface area contributed by atoms with Gasteiger partial charge in [-0.15, -0.1) is 0 Å². The first kappa shape index (κ1) is 12.8. The minimum Gasteiger partial charge on any atom is -0.195 e. The van der Waals surface area contributed by atoms with Gasteiger partial charge >= 0.3 is 0 Å². The molecule has 0 bridgehead atoms. The van der Waals surface area contributed by atoms with Crippen LogP contribution in [0.5, 0.6) is 0 Å². The number of nitrogens with zero attached hydrogens (tertiary/aromatic N) is 1. The Balaban J connectivity index is 1.97. The molecule has 1 heterocycles. The highest BCUT2D eigenvalue weighted by Gasteiger charge is 2.46. The van der Waals surface area contributed by atoms with Gasteiger partial charge in [-0.2, -0.15) is 17.4 Å². The summed E-state index contributed by atoms with van der Waals surface area (Å²) in [7, 11) is -3.26. The molecule has 0 aromatic rings. The van der Waals surface area contributed by atoms with E-state index >= 15 is 0 Å². The smallest absolute Gasteiger partial charge is 0.195 e. The van der Waals surface area contributed by atoms with Gasteiger partial charge in [0.1, 0.15) is 0 Å². The van der Waals surface area contributed by atoms with Crippen molar-refractivity contribution < 1.29 is 8.42 Å². The first-order valence-corrected chi connectivity index (χ1v) is 8.39. The summed E-state index contributed by atoms with van der Waals surface area (Å²) in [4.78, 5) is 0. The van der Waals surface area contributed by atoms with Crippen LogP contribution < -0.4 is 4.72 Å². The van der Waals surface area contributed by atoms with E-state index < -0.39 is 10.2 Å². The van der Waals surface area contributed by atoms with Gasteiger partial charge in [0.25, 0.3) is 10.2 Å². The molecule has 0 atom stereocenters. The first-order chi connectivity index (χ1) is 7.47. The Hall–Kier alpha value is 0.350. The largest absolute Gasteiger partial charge is 0.279 e. The van der Waals surface area contributed by atoms with Crippen molar-refractivity contribution in [2.75, 3.05) is 18.4 Å². The van der Waals surface area contributed by atoms with E-state index in [1.54, 1.807) is 4.31 Å². The van der Waals surface area contributed by atoms with Crippen LogP contribution in [-0.2, 0) is 10.2 Å². The normalized spacial score (nSPS) is 26.9. The lowest BCUT2D eigenvalue weighted by Gasteiger charge is -2.30. The maximum Gasteiger partial charge on any atom is 0.279 e. The van der Waals surface area contributed by atoms with Crippen molar-refractivity contribution in [2.45, 2.75) is 38.1 Å². The second-order valence-electron chi connectivity index (χ2n) is 5.10. The van der Waals surface area contributed by atoms with E-state index in [4.69, 9.17) is 0 Å². The van der Waals surface area contributed by atoms with Crippen LogP contribution in [-0.4, -0.2) is 36.7 Å². The lowest BCUT2D eigenvalue weighted by molar-refractivity contribution is 0.283. The lowest BCUT2D eigenvalue weighted by atomic mass is 10.0. The van der Waals surface area contributed by atoms with Crippen LogP contribution in [0.15, 0.2) is 0 Å². The number of alkyl halides is 1.